The van der Waals surface area contributed by atoms with Crippen molar-refractivity contribution in [2.45, 2.75) is 5.92 Å². The number of carbonyl (C=O) groups is 1. The van der Waals surface area contributed by atoms with Gasteiger partial charge >= 0.3 is 0 Å². The van der Waals surface area contributed by atoms with Gasteiger partial charge in [-0.25, -0.2) is 0 Å². The molecule has 0 saturated carbocycles. The average Bonchev–Trinajstić information content (AvgIpc) is 3.26. The lowest BCUT2D eigenvalue weighted by atomic mass is 10.00. The van der Waals surface area contributed by atoms with Crippen LogP contribution in [-0.4, -0.2) is 47.8 Å². The third kappa shape index (κ3) is 3.82. The van der Waals surface area contributed by atoms with E-state index in [1.807, 2.05) is 66.7 Å². The summed E-state index contributed by atoms with van der Waals surface area (Å²) in [7, 11) is 1.61. The molecule has 0 aliphatic carbocycles. The van der Waals surface area contributed by atoms with Crippen LogP contribution >= 0.6 is 0 Å². The summed E-state index contributed by atoms with van der Waals surface area (Å²) in [6.45, 7) is 1.07. The largest absolute Gasteiger partial charge is 0.496 e. The summed E-state index contributed by atoms with van der Waals surface area (Å²) in [5.41, 5.74) is 0.774. The van der Waals surface area contributed by atoms with Crippen molar-refractivity contribution in [3.05, 3.63) is 72.6 Å². The molecule has 1 amide bonds. The van der Waals surface area contributed by atoms with E-state index in [0.29, 0.717) is 36.3 Å². The van der Waals surface area contributed by atoms with Gasteiger partial charge in [-0.2, -0.15) is 4.98 Å². The Morgan fingerprint density at radius 2 is 1.84 bits per heavy atom. The van der Waals surface area contributed by atoms with Gasteiger partial charge in [0, 0.05) is 13.1 Å². The number of nitrogens with zero attached hydrogens (tertiary/aromatic N) is 3. The molecule has 31 heavy (non-hydrogen) atoms. The number of para-hydroxylation sites is 1. The quantitative estimate of drug-likeness (QED) is 0.475. The van der Waals surface area contributed by atoms with Crippen LogP contribution in [0.15, 0.2) is 71.3 Å². The molecule has 0 spiro atoms. The molecule has 2 heterocycles. The van der Waals surface area contributed by atoms with Crippen LogP contribution in [0.1, 0.15) is 11.8 Å². The molecule has 4 aromatic rings. The SMILES string of the molecule is COc1ccccc1-c1noc(C2CN(C(=O)COc3ccc4ccccc4c3)C2)n1. The summed E-state index contributed by atoms with van der Waals surface area (Å²) >= 11 is 0. The zero-order valence-electron chi connectivity index (χ0n) is 17.0. The Morgan fingerprint density at radius 1 is 1.06 bits per heavy atom. The van der Waals surface area contributed by atoms with Crippen molar-refractivity contribution in [3.8, 4) is 22.9 Å². The van der Waals surface area contributed by atoms with Crippen molar-refractivity contribution in [2.24, 2.45) is 0 Å². The monoisotopic (exact) mass is 415 g/mol. The topological polar surface area (TPSA) is 77.7 Å². The molecule has 0 unspecified atom stereocenters. The Balaban J connectivity index is 1.17. The van der Waals surface area contributed by atoms with Gasteiger partial charge in [-0.3, -0.25) is 4.79 Å². The summed E-state index contributed by atoms with van der Waals surface area (Å²) in [5.74, 6) is 2.35. The van der Waals surface area contributed by atoms with Gasteiger partial charge in [0.25, 0.3) is 5.91 Å². The number of likely N-dealkylation sites (tertiary alicyclic amines) is 1. The number of hydrogen-bond donors (Lipinski definition) is 0. The van der Waals surface area contributed by atoms with Gasteiger partial charge in [-0.15, -0.1) is 0 Å². The van der Waals surface area contributed by atoms with E-state index in [9.17, 15) is 4.79 Å². The van der Waals surface area contributed by atoms with Gasteiger partial charge in [-0.05, 0) is 35.0 Å². The summed E-state index contributed by atoms with van der Waals surface area (Å²) in [5, 5.41) is 6.29. The minimum atomic E-state index is -0.0612. The fourth-order valence-corrected chi connectivity index (χ4v) is 3.67. The van der Waals surface area contributed by atoms with E-state index >= 15 is 0 Å². The molecule has 0 atom stereocenters. The van der Waals surface area contributed by atoms with Crippen molar-refractivity contribution in [1.29, 1.82) is 0 Å². The van der Waals surface area contributed by atoms with E-state index in [1.165, 1.54) is 0 Å². The second-order valence-electron chi connectivity index (χ2n) is 7.45. The Labute approximate surface area is 179 Å². The lowest BCUT2D eigenvalue weighted by Gasteiger charge is -2.36. The molecular weight excluding hydrogens is 394 g/mol. The lowest BCUT2D eigenvalue weighted by molar-refractivity contribution is -0.138. The first-order valence-corrected chi connectivity index (χ1v) is 10.1. The maximum absolute atomic E-state index is 12.5. The summed E-state index contributed by atoms with van der Waals surface area (Å²) < 4.78 is 16.5. The van der Waals surface area contributed by atoms with Crippen molar-refractivity contribution < 1.29 is 18.8 Å². The molecule has 1 aromatic heterocycles. The van der Waals surface area contributed by atoms with Crippen LogP contribution < -0.4 is 9.47 Å². The Bertz CT molecular complexity index is 1230. The molecule has 0 bridgehead atoms. The van der Waals surface area contributed by atoms with Gasteiger partial charge < -0.3 is 18.9 Å². The molecule has 1 aliphatic rings. The predicted molar refractivity (Wildman–Crippen MR) is 115 cm³/mol. The van der Waals surface area contributed by atoms with E-state index in [4.69, 9.17) is 14.0 Å². The van der Waals surface area contributed by atoms with Crippen LogP contribution in [0.5, 0.6) is 11.5 Å². The Morgan fingerprint density at radius 3 is 2.68 bits per heavy atom. The molecular formula is C24H21N3O4. The highest BCUT2D eigenvalue weighted by Crippen LogP contribution is 2.31. The zero-order valence-corrected chi connectivity index (χ0v) is 17.0. The highest BCUT2D eigenvalue weighted by molar-refractivity contribution is 5.84. The summed E-state index contributed by atoms with van der Waals surface area (Å²) in [6.07, 6.45) is 0. The van der Waals surface area contributed by atoms with E-state index < -0.39 is 0 Å². The lowest BCUT2D eigenvalue weighted by Crippen LogP contribution is -2.50. The van der Waals surface area contributed by atoms with Gasteiger partial charge in [0.05, 0.1) is 18.6 Å². The average molecular weight is 415 g/mol. The van der Waals surface area contributed by atoms with E-state index in [-0.39, 0.29) is 18.4 Å². The number of benzene rings is 3. The minimum Gasteiger partial charge on any atom is -0.496 e. The van der Waals surface area contributed by atoms with Crippen molar-refractivity contribution in [1.82, 2.24) is 15.0 Å². The number of amides is 1. The van der Waals surface area contributed by atoms with Crippen LogP contribution in [0.25, 0.3) is 22.2 Å². The van der Waals surface area contributed by atoms with E-state index in [0.717, 1.165) is 16.3 Å². The first-order chi connectivity index (χ1) is 15.2. The third-order valence-corrected chi connectivity index (χ3v) is 5.46. The van der Waals surface area contributed by atoms with Gasteiger partial charge in [0.1, 0.15) is 11.5 Å². The van der Waals surface area contributed by atoms with Crippen LogP contribution in [-0.2, 0) is 4.79 Å². The van der Waals surface area contributed by atoms with Crippen LogP contribution in [0.3, 0.4) is 0 Å². The minimum absolute atomic E-state index is 0.00135. The number of methoxy groups -OCH3 is 1. The fourth-order valence-electron chi connectivity index (χ4n) is 3.67. The normalized spacial score (nSPS) is 13.8. The van der Waals surface area contributed by atoms with E-state index in [2.05, 4.69) is 10.1 Å². The predicted octanol–water partition coefficient (Wildman–Crippen LogP) is 3.90. The second-order valence-corrected chi connectivity index (χ2v) is 7.45. The molecule has 1 fully saturated rings. The Hall–Kier alpha value is -3.87. The number of hydrogen-bond acceptors (Lipinski definition) is 6. The highest BCUT2D eigenvalue weighted by Gasteiger charge is 2.36. The van der Waals surface area contributed by atoms with E-state index in [1.54, 1.807) is 12.0 Å². The number of aromatic nitrogens is 2. The van der Waals surface area contributed by atoms with Crippen LogP contribution in [0, 0.1) is 0 Å². The summed E-state index contributed by atoms with van der Waals surface area (Å²) in [4.78, 5) is 18.7. The summed E-state index contributed by atoms with van der Waals surface area (Å²) in [6, 6.07) is 21.4. The molecule has 7 heteroatoms. The van der Waals surface area contributed by atoms with Gasteiger partial charge in [-0.1, -0.05) is 47.6 Å². The first-order valence-electron chi connectivity index (χ1n) is 10.1. The van der Waals surface area contributed by atoms with Crippen molar-refractivity contribution in [3.63, 3.8) is 0 Å². The third-order valence-electron chi connectivity index (χ3n) is 5.46. The molecule has 3 aromatic carbocycles. The molecule has 1 saturated heterocycles. The zero-order chi connectivity index (χ0) is 21.2. The number of carbonyl (C=O) groups excluding carboxylic acids is 1. The molecule has 7 nitrogen and oxygen atoms in total. The standard InChI is InChI=1S/C24H21N3O4/c1-29-21-9-5-4-8-20(21)23-25-24(31-26-23)18-13-27(14-18)22(28)15-30-19-11-10-16-6-2-3-7-17(16)12-19/h2-12,18H,13-15H2,1H3. The maximum Gasteiger partial charge on any atom is 0.260 e. The molecule has 1 aliphatic heterocycles. The van der Waals surface area contributed by atoms with Crippen LogP contribution in [0.4, 0.5) is 0 Å². The fraction of sp³-hybridized carbons (Fsp3) is 0.208. The second kappa shape index (κ2) is 8.10. The highest BCUT2D eigenvalue weighted by atomic mass is 16.5. The number of rotatable bonds is 6. The number of ether oxygens (including phenoxy) is 2. The smallest absolute Gasteiger partial charge is 0.260 e. The van der Waals surface area contributed by atoms with Crippen LogP contribution in [0.2, 0.25) is 0 Å². The van der Waals surface area contributed by atoms with Gasteiger partial charge in [0.2, 0.25) is 11.7 Å². The number of fused-ring (bicyclic) bond motifs is 1. The van der Waals surface area contributed by atoms with Crippen molar-refractivity contribution in [2.75, 3.05) is 26.8 Å². The molecule has 5 rings (SSSR count). The molecule has 0 N–H and O–H groups in total. The maximum atomic E-state index is 12.5. The van der Waals surface area contributed by atoms with Gasteiger partial charge in [0.15, 0.2) is 6.61 Å². The molecule has 0 radical (unpaired) electrons. The molecule has 156 valence electrons. The first kappa shape index (κ1) is 19.1. The van der Waals surface area contributed by atoms with Crippen molar-refractivity contribution >= 4 is 16.7 Å². The Kier molecular flexibility index (Phi) is 5.00.